The van der Waals surface area contributed by atoms with Crippen molar-refractivity contribution < 1.29 is 17.9 Å². The quantitative estimate of drug-likeness (QED) is 0.780. The molecule has 1 aromatic carbocycles. The third kappa shape index (κ3) is 3.72. The zero-order valence-electron chi connectivity index (χ0n) is 12.5. The fourth-order valence-corrected chi connectivity index (χ4v) is 3.08. The van der Waals surface area contributed by atoms with Crippen LogP contribution in [0.2, 0.25) is 0 Å². The zero-order chi connectivity index (χ0) is 15.5. The van der Waals surface area contributed by atoms with Crippen LogP contribution < -0.4 is 4.31 Å². The zero-order valence-corrected chi connectivity index (χ0v) is 13.3. The van der Waals surface area contributed by atoms with E-state index in [0.29, 0.717) is 5.69 Å². The second-order valence-corrected chi connectivity index (χ2v) is 6.61. The molecule has 112 valence electrons. The number of rotatable bonds is 5. The SMILES string of the molecule is CCOC(=O)[C@H](C)N(c1ccc(C)c(C)c1)S(C)(=O)=O. The van der Waals surface area contributed by atoms with E-state index < -0.39 is 22.0 Å². The van der Waals surface area contributed by atoms with E-state index in [-0.39, 0.29) is 6.61 Å². The fourth-order valence-electron chi connectivity index (χ4n) is 1.92. The maximum absolute atomic E-state index is 12.0. The Hall–Kier alpha value is -1.56. The molecule has 0 fully saturated rings. The predicted molar refractivity (Wildman–Crippen MR) is 79.3 cm³/mol. The van der Waals surface area contributed by atoms with Crippen molar-refractivity contribution in [1.29, 1.82) is 0 Å². The topological polar surface area (TPSA) is 63.7 Å². The van der Waals surface area contributed by atoms with Crippen molar-refractivity contribution in [2.24, 2.45) is 0 Å². The molecular weight excluding hydrogens is 278 g/mol. The van der Waals surface area contributed by atoms with Crippen molar-refractivity contribution in [3.8, 4) is 0 Å². The first kappa shape index (κ1) is 16.5. The molecule has 0 aliphatic rings. The number of anilines is 1. The van der Waals surface area contributed by atoms with Crippen molar-refractivity contribution >= 4 is 21.7 Å². The molecule has 0 saturated carbocycles. The molecule has 0 aliphatic carbocycles. The molecule has 1 atom stereocenters. The summed E-state index contributed by atoms with van der Waals surface area (Å²) in [6.45, 7) is 7.26. The van der Waals surface area contributed by atoms with E-state index in [1.54, 1.807) is 19.1 Å². The summed E-state index contributed by atoms with van der Waals surface area (Å²) >= 11 is 0. The summed E-state index contributed by atoms with van der Waals surface area (Å²) in [6.07, 6.45) is 1.08. The number of carbonyl (C=O) groups is 1. The summed E-state index contributed by atoms with van der Waals surface area (Å²) in [5.74, 6) is -0.559. The van der Waals surface area contributed by atoms with Gasteiger partial charge in [-0.25, -0.2) is 13.2 Å². The minimum atomic E-state index is -3.58. The Morgan fingerprint density at radius 3 is 2.35 bits per heavy atom. The number of aryl methyl sites for hydroxylation is 2. The average molecular weight is 299 g/mol. The van der Waals surface area contributed by atoms with Gasteiger partial charge in [-0.3, -0.25) is 4.31 Å². The predicted octanol–water partition coefficient (Wildman–Crippen LogP) is 2.02. The molecule has 0 aromatic heterocycles. The summed E-state index contributed by atoms with van der Waals surface area (Å²) in [5.41, 5.74) is 2.49. The molecule has 0 unspecified atom stereocenters. The molecule has 6 heteroatoms. The molecule has 0 heterocycles. The van der Waals surface area contributed by atoms with Crippen LogP contribution in [0.5, 0.6) is 0 Å². The molecule has 20 heavy (non-hydrogen) atoms. The first-order chi connectivity index (χ1) is 9.18. The maximum Gasteiger partial charge on any atom is 0.329 e. The number of esters is 1. The summed E-state index contributed by atoms with van der Waals surface area (Å²) in [5, 5.41) is 0. The highest BCUT2D eigenvalue weighted by molar-refractivity contribution is 7.92. The van der Waals surface area contributed by atoms with E-state index >= 15 is 0 Å². The van der Waals surface area contributed by atoms with Crippen LogP contribution >= 0.6 is 0 Å². The van der Waals surface area contributed by atoms with Crippen LogP contribution in [0.25, 0.3) is 0 Å². The highest BCUT2D eigenvalue weighted by Gasteiger charge is 2.30. The Bertz CT molecular complexity index is 595. The molecular formula is C14H21NO4S. The largest absolute Gasteiger partial charge is 0.464 e. The Morgan fingerprint density at radius 2 is 1.90 bits per heavy atom. The lowest BCUT2D eigenvalue weighted by Crippen LogP contribution is -2.43. The van der Waals surface area contributed by atoms with Crippen LogP contribution in [0.4, 0.5) is 5.69 Å². The molecule has 0 radical (unpaired) electrons. The number of sulfonamides is 1. The van der Waals surface area contributed by atoms with Gasteiger partial charge in [-0.1, -0.05) is 6.07 Å². The molecule has 0 bridgehead atoms. The molecule has 0 N–H and O–H groups in total. The number of nitrogens with zero attached hydrogens (tertiary/aromatic N) is 1. The molecule has 1 rings (SSSR count). The van der Waals surface area contributed by atoms with Gasteiger partial charge in [0.25, 0.3) is 0 Å². The van der Waals surface area contributed by atoms with Crippen LogP contribution in [0.3, 0.4) is 0 Å². The summed E-state index contributed by atoms with van der Waals surface area (Å²) in [4.78, 5) is 11.8. The van der Waals surface area contributed by atoms with Crippen LogP contribution in [-0.4, -0.2) is 33.3 Å². The second kappa shape index (κ2) is 6.26. The van der Waals surface area contributed by atoms with Gasteiger partial charge in [0.05, 0.1) is 18.6 Å². The van der Waals surface area contributed by atoms with Crippen molar-refractivity contribution in [3.63, 3.8) is 0 Å². The average Bonchev–Trinajstić information content (AvgIpc) is 2.32. The highest BCUT2D eigenvalue weighted by Crippen LogP contribution is 2.24. The van der Waals surface area contributed by atoms with Gasteiger partial charge in [0.2, 0.25) is 10.0 Å². The number of hydrogen-bond acceptors (Lipinski definition) is 4. The summed E-state index contributed by atoms with van der Waals surface area (Å²) in [7, 11) is -3.58. The number of benzene rings is 1. The van der Waals surface area contributed by atoms with E-state index in [1.807, 2.05) is 19.9 Å². The first-order valence-corrected chi connectivity index (χ1v) is 8.26. The Balaban J connectivity index is 3.26. The molecule has 0 amide bonds. The highest BCUT2D eigenvalue weighted by atomic mass is 32.2. The van der Waals surface area contributed by atoms with Gasteiger partial charge in [-0.05, 0) is 51.0 Å². The van der Waals surface area contributed by atoms with Gasteiger partial charge in [0, 0.05) is 0 Å². The minimum Gasteiger partial charge on any atom is -0.464 e. The fraction of sp³-hybridized carbons (Fsp3) is 0.500. The van der Waals surface area contributed by atoms with Crippen LogP contribution in [-0.2, 0) is 19.6 Å². The monoisotopic (exact) mass is 299 g/mol. The normalized spacial score (nSPS) is 12.8. The van der Waals surface area contributed by atoms with Crippen molar-refractivity contribution in [1.82, 2.24) is 0 Å². The van der Waals surface area contributed by atoms with E-state index in [0.717, 1.165) is 21.7 Å². The lowest BCUT2D eigenvalue weighted by molar-refractivity contribution is -0.144. The van der Waals surface area contributed by atoms with Crippen LogP contribution in [0, 0.1) is 13.8 Å². The Kier molecular flexibility index (Phi) is 5.16. The summed E-state index contributed by atoms with van der Waals surface area (Å²) < 4.78 is 30.0. The van der Waals surface area contributed by atoms with Crippen molar-refractivity contribution in [2.75, 3.05) is 17.2 Å². The second-order valence-electron chi connectivity index (χ2n) is 4.76. The third-order valence-electron chi connectivity index (χ3n) is 3.08. The molecule has 0 aliphatic heterocycles. The molecule has 1 aromatic rings. The Morgan fingerprint density at radius 1 is 1.30 bits per heavy atom. The van der Waals surface area contributed by atoms with E-state index in [1.165, 1.54) is 6.92 Å². The maximum atomic E-state index is 12.0. The van der Waals surface area contributed by atoms with E-state index in [9.17, 15) is 13.2 Å². The molecule has 0 spiro atoms. The Labute approximate surface area is 120 Å². The van der Waals surface area contributed by atoms with Gasteiger partial charge < -0.3 is 4.74 Å². The molecule has 0 saturated heterocycles. The van der Waals surface area contributed by atoms with Crippen LogP contribution in [0.15, 0.2) is 18.2 Å². The van der Waals surface area contributed by atoms with Gasteiger partial charge >= 0.3 is 5.97 Å². The van der Waals surface area contributed by atoms with Gasteiger partial charge in [-0.15, -0.1) is 0 Å². The minimum absolute atomic E-state index is 0.216. The van der Waals surface area contributed by atoms with E-state index in [2.05, 4.69) is 0 Å². The smallest absolute Gasteiger partial charge is 0.329 e. The molecule has 5 nitrogen and oxygen atoms in total. The van der Waals surface area contributed by atoms with Crippen molar-refractivity contribution in [2.45, 2.75) is 33.7 Å². The lowest BCUT2D eigenvalue weighted by atomic mass is 10.1. The van der Waals surface area contributed by atoms with Crippen LogP contribution in [0.1, 0.15) is 25.0 Å². The third-order valence-corrected chi connectivity index (χ3v) is 4.32. The lowest BCUT2D eigenvalue weighted by Gasteiger charge is -2.28. The first-order valence-electron chi connectivity index (χ1n) is 6.41. The number of hydrogen-bond donors (Lipinski definition) is 0. The van der Waals surface area contributed by atoms with E-state index in [4.69, 9.17) is 4.74 Å². The van der Waals surface area contributed by atoms with Gasteiger partial charge in [-0.2, -0.15) is 0 Å². The van der Waals surface area contributed by atoms with Crippen molar-refractivity contribution in [3.05, 3.63) is 29.3 Å². The number of ether oxygens (including phenoxy) is 1. The van der Waals surface area contributed by atoms with Gasteiger partial charge in [0.1, 0.15) is 6.04 Å². The standard InChI is InChI=1S/C14H21NO4S/c1-6-19-14(16)12(4)15(20(5,17)18)13-8-7-10(2)11(3)9-13/h7-9,12H,6H2,1-5H3/t12-/m0/s1. The van der Waals surface area contributed by atoms with Gasteiger partial charge in [0.15, 0.2) is 0 Å². The number of carbonyl (C=O) groups excluding carboxylic acids is 1. The summed E-state index contributed by atoms with van der Waals surface area (Å²) in [6, 6.07) is 4.39.